The Balaban J connectivity index is 1.82. The standard InChI is InChI=1S/C16H14Cl2N2O4/c1-10(16(22)20-13-6-3-7-19-15(13)18)24-14(21)9-23-12-5-2-4-11(17)8-12/h2-8,10H,9H2,1H3,(H,20,22). The average Bonchev–Trinajstić information content (AvgIpc) is 2.55. The lowest BCUT2D eigenvalue weighted by Gasteiger charge is -2.14. The number of aromatic nitrogens is 1. The molecule has 1 N–H and O–H groups in total. The SMILES string of the molecule is CC(OC(=O)COc1cccc(Cl)c1)C(=O)Nc1cccnc1Cl. The maximum Gasteiger partial charge on any atom is 0.344 e. The molecule has 1 unspecified atom stereocenters. The summed E-state index contributed by atoms with van der Waals surface area (Å²) in [6.45, 7) is 1.10. The number of nitrogens with one attached hydrogen (secondary N) is 1. The van der Waals surface area contributed by atoms with E-state index in [4.69, 9.17) is 32.7 Å². The van der Waals surface area contributed by atoms with Crippen molar-refractivity contribution in [3.8, 4) is 5.75 Å². The maximum atomic E-state index is 12.0. The molecule has 0 aliphatic rings. The van der Waals surface area contributed by atoms with E-state index in [0.29, 0.717) is 16.5 Å². The highest BCUT2D eigenvalue weighted by molar-refractivity contribution is 6.32. The number of ether oxygens (including phenoxy) is 2. The summed E-state index contributed by atoms with van der Waals surface area (Å²) < 4.78 is 10.2. The molecular formula is C16H14Cl2N2O4. The Bertz CT molecular complexity index is 740. The summed E-state index contributed by atoms with van der Waals surface area (Å²) in [5, 5.41) is 3.16. The van der Waals surface area contributed by atoms with E-state index in [0.717, 1.165) is 0 Å². The summed E-state index contributed by atoms with van der Waals surface area (Å²) in [7, 11) is 0. The largest absolute Gasteiger partial charge is 0.482 e. The zero-order chi connectivity index (χ0) is 17.5. The number of carbonyl (C=O) groups is 2. The van der Waals surface area contributed by atoms with E-state index in [1.807, 2.05) is 0 Å². The lowest BCUT2D eigenvalue weighted by Crippen LogP contribution is -2.31. The molecule has 0 saturated heterocycles. The van der Waals surface area contributed by atoms with Crippen LogP contribution in [0, 0.1) is 0 Å². The number of carbonyl (C=O) groups excluding carboxylic acids is 2. The number of anilines is 1. The molecule has 1 aromatic carbocycles. The zero-order valence-electron chi connectivity index (χ0n) is 12.7. The number of rotatable bonds is 6. The van der Waals surface area contributed by atoms with Gasteiger partial charge in [-0.2, -0.15) is 0 Å². The second-order valence-corrected chi connectivity index (χ2v) is 5.50. The molecule has 2 aromatic rings. The fraction of sp³-hybridized carbons (Fsp3) is 0.188. The van der Waals surface area contributed by atoms with Crippen molar-refractivity contribution < 1.29 is 19.1 Å². The summed E-state index contributed by atoms with van der Waals surface area (Å²) in [4.78, 5) is 27.6. The van der Waals surface area contributed by atoms with Crippen LogP contribution in [0.15, 0.2) is 42.6 Å². The summed E-state index contributed by atoms with van der Waals surface area (Å²) in [5.74, 6) is -0.783. The van der Waals surface area contributed by atoms with Crippen LogP contribution >= 0.6 is 23.2 Å². The molecule has 0 radical (unpaired) electrons. The van der Waals surface area contributed by atoms with E-state index >= 15 is 0 Å². The van der Waals surface area contributed by atoms with Crippen LogP contribution in [0.1, 0.15) is 6.92 Å². The van der Waals surface area contributed by atoms with Gasteiger partial charge in [0.15, 0.2) is 17.9 Å². The van der Waals surface area contributed by atoms with Crippen molar-refractivity contribution >= 4 is 40.8 Å². The summed E-state index contributed by atoms with van der Waals surface area (Å²) in [6.07, 6.45) is 0.478. The number of hydrogen-bond acceptors (Lipinski definition) is 5. The normalized spacial score (nSPS) is 11.5. The highest BCUT2D eigenvalue weighted by Crippen LogP contribution is 2.18. The predicted molar refractivity (Wildman–Crippen MR) is 90.4 cm³/mol. The lowest BCUT2D eigenvalue weighted by atomic mass is 10.3. The maximum absolute atomic E-state index is 12.0. The van der Waals surface area contributed by atoms with Gasteiger partial charge in [-0.3, -0.25) is 4.79 Å². The van der Waals surface area contributed by atoms with Gasteiger partial charge in [-0.15, -0.1) is 0 Å². The minimum atomic E-state index is -1.02. The first-order valence-corrected chi connectivity index (χ1v) is 7.70. The molecule has 0 fully saturated rings. The van der Waals surface area contributed by atoms with E-state index in [-0.39, 0.29) is 11.8 Å². The van der Waals surface area contributed by atoms with Crippen molar-refractivity contribution in [2.45, 2.75) is 13.0 Å². The van der Waals surface area contributed by atoms with Crippen LogP contribution in [0.2, 0.25) is 10.2 Å². The summed E-state index contributed by atoms with van der Waals surface area (Å²) in [6, 6.07) is 9.80. The van der Waals surface area contributed by atoms with Gasteiger partial charge < -0.3 is 14.8 Å². The van der Waals surface area contributed by atoms with E-state index in [1.165, 1.54) is 13.1 Å². The third-order valence-corrected chi connectivity index (χ3v) is 3.38. The second-order valence-electron chi connectivity index (χ2n) is 4.71. The Morgan fingerprint density at radius 3 is 2.75 bits per heavy atom. The molecule has 0 spiro atoms. The molecule has 6 nitrogen and oxygen atoms in total. The van der Waals surface area contributed by atoms with Gasteiger partial charge in [0.1, 0.15) is 5.75 Å². The highest BCUT2D eigenvalue weighted by Gasteiger charge is 2.19. The van der Waals surface area contributed by atoms with Crippen molar-refractivity contribution in [1.82, 2.24) is 4.98 Å². The molecule has 24 heavy (non-hydrogen) atoms. The molecule has 1 atom stereocenters. The minimum Gasteiger partial charge on any atom is -0.482 e. The molecule has 1 amide bonds. The number of pyridine rings is 1. The number of amides is 1. The number of hydrogen-bond donors (Lipinski definition) is 1. The second kappa shape index (κ2) is 8.52. The van der Waals surface area contributed by atoms with Crippen LogP contribution in [-0.2, 0) is 14.3 Å². The number of halogens is 2. The number of benzene rings is 1. The van der Waals surface area contributed by atoms with Crippen molar-refractivity contribution in [1.29, 1.82) is 0 Å². The van der Waals surface area contributed by atoms with Crippen LogP contribution in [0.4, 0.5) is 5.69 Å². The summed E-state index contributed by atoms with van der Waals surface area (Å²) in [5.41, 5.74) is 0.335. The van der Waals surface area contributed by atoms with Crippen LogP contribution < -0.4 is 10.1 Å². The van der Waals surface area contributed by atoms with Gasteiger partial charge in [-0.25, -0.2) is 9.78 Å². The van der Waals surface area contributed by atoms with Gasteiger partial charge in [-0.1, -0.05) is 29.3 Å². The molecule has 0 aliphatic heterocycles. The molecular weight excluding hydrogens is 355 g/mol. The van der Waals surface area contributed by atoms with Gasteiger partial charge in [0, 0.05) is 11.2 Å². The number of esters is 1. The van der Waals surface area contributed by atoms with Gasteiger partial charge in [-0.05, 0) is 37.3 Å². The van der Waals surface area contributed by atoms with Crippen molar-refractivity contribution in [3.05, 3.63) is 52.8 Å². The molecule has 126 valence electrons. The van der Waals surface area contributed by atoms with Gasteiger partial charge in [0.05, 0.1) is 5.69 Å². The van der Waals surface area contributed by atoms with E-state index in [2.05, 4.69) is 10.3 Å². The summed E-state index contributed by atoms with van der Waals surface area (Å²) >= 11 is 11.7. The van der Waals surface area contributed by atoms with E-state index in [1.54, 1.807) is 36.4 Å². The molecule has 1 heterocycles. The van der Waals surface area contributed by atoms with E-state index in [9.17, 15) is 9.59 Å². The Labute approximate surface area is 148 Å². The smallest absolute Gasteiger partial charge is 0.344 e. The molecule has 0 saturated carbocycles. The van der Waals surface area contributed by atoms with Gasteiger partial charge >= 0.3 is 5.97 Å². The molecule has 1 aromatic heterocycles. The van der Waals surface area contributed by atoms with Gasteiger partial charge in [0.2, 0.25) is 0 Å². The highest BCUT2D eigenvalue weighted by atomic mass is 35.5. The molecule has 8 heteroatoms. The predicted octanol–water partition coefficient (Wildman–Crippen LogP) is 3.34. The number of nitrogens with zero attached hydrogens (tertiary/aromatic N) is 1. The van der Waals surface area contributed by atoms with Gasteiger partial charge in [0.25, 0.3) is 5.91 Å². The lowest BCUT2D eigenvalue weighted by molar-refractivity contribution is -0.155. The van der Waals surface area contributed by atoms with Crippen molar-refractivity contribution in [3.63, 3.8) is 0 Å². The fourth-order valence-corrected chi connectivity index (χ4v) is 2.04. The first kappa shape index (κ1) is 18.0. The monoisotopic (exact) mass is 368 g/mol. The fourth-order valence-electron chi connectivity index (χ4n) is 1.70. The first-order chi connectivity index (χ1) is 11.5. The van der Waals surface area contributed by atoms with Crippen molar-refractivity contribution in [2.75, 3.05) is 11.9 Å². The Morgan fingerprint density at radius 2 is 2.04 bits per heavy atom. The molecule has 2 rings (SSSR count). The Hall–Kier alpha value is -2.31. The Kier molecular flexibility index (Phi) is 6.40. The van der Waals surface area contributed by atoms with Crippen LogP contribution in [0.5, 0.6) is 5.75 Å². The first-order valence-electron chi connectivity index (χ1n) is 6.95. The Morgan fingerprint density at radius 1 is 1.25 bits per heavy atom. The average molecular weight is 369 g/mol. The van der Waals surface area contributed by atoms with Crippen LogP contribution in [-0.4, -0.2) is 29.6 Å². The third kappa shape index (κ3) is 5.40. The quantitative estimate of drug-likeness (QED) is 0.624. The van der Waals surface area contributed by atoms with Crippen molar-refractivity contribution in [2.24, 2.45) is 0 Å². The van der Waals surface area contributed by atoms with Crippen LogP contribution in [0.25, 0.3) is 0 Å². The van der Waals surface area contributed by atoms with Crippen LogP contribution in [0.3, 0.4) is 0 Å². The third-order valence-electron chi connectivity index (χ3n) is 2.85. The topological polar surface area (TPSA) is 77.5 Å². The minimum absolute atomic E-state index is 0.147. The molecule has 0 bridgehead atoms. The zero-order valence-corrected chi connectivity index (χ0v) is 14.2. The van der Waals surface area contributed by atoms with E-state index < -0.39 is 18.0 Å². The molecule has 0 aliphatic carbocycles.